The van der Waals surface area contributed by atoms with Crippen molar-refractivity contribution in [2.45, 2.75) is 0 Å². The van der Waals surface area contributed by atoms with Gasteiger partial charge in [0.15, 0.2) is 0 Å². The van der Waals surface area contributed by atoms with Gasteiger partial charge in [-0.1, -0.05) is 0 Å². The van der Waals surface area contributed by atoms with Gasteiger partial charge in [-0.3, -0.25) is 0 Å². The molecule has 0 atom stereocenters. The molecule has 0 heterocycles. The summed E-state index contributed by atoms with van der Waals surface area (Å²) in [7, 11) is -4.61. The van der Waals surface area contributed by atoms with Crippen molar-refractivity contribution in [3.63, 3.8) is 0 Å². The van der Waals surface area contributed by atoms with Crippen LogP contribution in [0.25, 0.3) is 0 Å². The van der Waals surface area contributed by atoms with Crippen LogP contribution in [0.15, 0.2) is 0 Å². The zero-order chi connectivity index (χ0) is 4.50. The van der Waals surface area contributed by atoms with E-state index in [4.69, 9.17) is 19.2 Å². The number of hydrogen-bond acceptors (Lipinski definition) is 4. The second kappa shape index (κ2) is 14.5. The van der Waals surface area contributed by atoms with Gasteiger partial charge < -0.3 is 19.2 Å². The van der Waals surface area contributed by atoms with Crippen LogP contribution in [0.1, 0.15) is 0 Å². The van der Waals surface area contributed by atoms with Crippen molar-refractivity contribution in [1.82, 2.24) is 0 Å². The molecule has 0 amide bonds. The summed E-state index contributed by atoms with van der Waals surface area (Å²) >= 11 is 0. The Morgan fingerprint density at radius 3 is 0.889 bits per heavy atom. The van der Waals surface area contributed by atoms with Crippen LogP contribution in [0.5, 0.6) is 0 Å². The molecule has 0 fully saturated rings. The molecule has 9 heteroatoms. The van der Waals surface area contributed by atoms with Crippen LogP contribution in [0.2, 0.25) is 0 Å². The van der Waals surface area contributed by atoms with Crippen molar-refractivity contribution in [3.05, 3.63) is 0 Å². The SMILES string of the molecule is O[Si](O)(O)O.[Ba].[Ca].[Cu].[Mn]. The quantitative estimate of drug-likeness (QED) is 0.325. The molecule has 0 bridgehead atoms. The molecule has 4 N–H and O–H groups in total. The van der Waals surface area contributed by atoms with Crippen molar-refractivity contribution in [3.8, 4) is 0 Å². The van der Waals surface area contributed by atoms with Gasteiger partial charge in [0.1, 0.15) is 0 Å². The van der Waals surface area contributed by atoms with E-state index in [2.05, 4.69) is 0 Å². The normalized spacial score (nSPS) is 6.67. The van der Waals surface area contributed by atoms with E-state index in [0.717, 1.165) is 0 Å². The van der Waals surface area contributed by atoms with Gasteiger partial charge in [-0.05, 0) is 0 Å². The fraction of sp³-hybridized carbons (Fsp3) is 0. The van der Waals surface area contributed by atoms with Crippen molar-refractivity contribution < 1.29 is 53.3 Å². The van der Waals surface area contributed by atoms with Gasteiger partial charge in [0.2, 0.25) is 0 Å². The van der Waals surface area contributed by atoms with Crippen LogP contribution in [0, 0.1) is 0 Å². The van der Waals surface area contributed by atoms with Gasteiger partial charge in [0.05, 0.1) is 0 Å². The van der Waals surface area contributed by atoms with Gasteiger partial charge in [0.25, 0.3) is 0 Å². The minimum atomic E-state index is -4.61. The van der Waals surface area contributed by atoms with Crippen molar-refractivity contribution >= 4 is 95.7 Å². The maximum absolute atomic E-state index is 7.33. The smallest absolute Gasteiger partial charge is 0.368 e. The Balaban J connectivity index is -0.0000000133. The molecule has 0 aromatic carbocycles. The molecule has 0 spiro atoms. The third-order valence-corrected chi connectivity index (χ3v) is 0. The van der Waals surface area contributed by atoms with Gasteiger partial charge >= 0.3 is 9.05 Å². The summed E-state index contributed by atoms with van der Waals surface area (Å²) < 4.78 is 0. The molecule has 6 radical (unpaired) electrons. The Kier molecular flexibility index (Phi) is 47.0. The standard InChI is InChI=1S/Ba.Ca.Cu.Mn.H4O4Si/c;;;;1-5(2,3)4/h;;;;1-4H. The Hall–Kier alpha value is 3.93. The van der Waals surface area contributed by atoms with E-state index in [1.807, 2.05) is 0 Å². The van der Waals surface area contributed by atoms with Crippen LogP contribution < -0.4 is 0 Å². The molecule has 0 aromatic heterocycles. The van der Waals surface area contributed by atoms with Crippen molar-refractivity contribution in [1.29, 1.82) is 0 Å². The van der Waals surface area contributed by atoms with Crippen molar-refractivity contribution in [2.75, 3.05) is 0 Å². The summed E-state index contributed by atoms with van der Waals surface area (Å²) in [4.78, 5) is 29.3. The number of rotatable bonds is 0. The predicted molar refractivity (Wildman–Crippen MR) is 26.1 cm³/mol. The molecular formula is H4BaCaCuMnO4Si. The van der Waals surface area contributed by atoms with E-state index in [1.54, 1.807) is 0 Å². The second-order valence-electron chi connectivity index (χ2n) is 0.600. The summed E-state index contributed by atoms with van der Waals surface area (Å²) in [5.41, 5.74) is 0. The summed E-state index contributed by atoms with van der Waals surface area (Å²) in [6, 6.07) is 0. The predicted octanol–water partition coefficient (Wildman–Crippen LogP) is -3.38. The molecule has 0 rings (SSSR count). The maximum Gasteiger partial charge on any atom is 0.668 e. The third kappa shape index (κ3) is 76.2. The molecule has 0 aliphatic rings. The topological polar surface area (TPSA) is 80.9 Å². The van der Waals surface area contributed by atoms with Gasteiger partial charge in [-0.15, -0.1) is 0 Å². The molecular weight excluding hydrogens is 388 g/mol. The van der Waals surface area contributed by atoms with Gasteiger partial charge in [-0.25, -0.2) is 0 Å². The molecule has 0 aromatic rings. The second-order valence-corrected chi connectivity index (χ2v) is 1.80. The van der Waals surface area contributed by atoms with E-state index < -0.39 is 9.05 Å². The zero-order valence-electron chi connectivity index (χ0n) is 4.38. The Morgan fingerprint density at radius 2 is 0.889 bits per heavy atom. The monoisotopic (exact) mass is 392 g/mol. The first-order valence-corrected chi connectivity index (χ1v) is 2.68. The first-order chi connectivity index (χ1) is 2.00. The zero-order valence-corrected chi connectivity index (χ0v) is 14.2. The minimum Gasteiger partial charge on any atom is -0.368 e. The average molecular weight is 392 g/mol. The fourth-order valence-corrected chi connectivity index (χ4v) is 0. The van der Waals surface area contributed by atoms with E-state index in [0.29, 0.717) is 0 Å². The first kappa shape index (κ1) is 29.3. The van der Waals surface area contributed by atoms with E-state index >= 15 is 0 Å². The summed E-state index contributed by atoms with van der Waals surface area (Å²) in [5.74, 6) is 0. The van der Waals surface area contributed by atoms with Crippen LogP contribution in [-0.4, -0.2) is 115 Å². The average Bonchev–Trinajstić information content (AvgIpc) is 0.722. The largest absolute Gasteiger partial charge is 0.668 e. The summed E-state index contributed by atoms with van der Waals surface area (Å²) in [6.45, 7) is 0. The summed E-state index contributed by atoms with van der Waals surface area (Å²) in [6.07, 6.45) is 0. The molecule has 0 unspecified atom stereocenters. The van der Waals surface area contributed by atoms with Crippen LogP contribution in [0.4, 0.5) is 0 Å². The molecule has 0 saturated carbocycles. The molecule has 4 nitrogen and oxygen atoms in total. The minimum absolute atomic E-state index is 0. The third-order valence-electron chi connectivity index (χ3n) is 0. The van der Waals surface area contributed by atoms with E-state index in [1.165, 1.54) is 0 Å². The first-order valence-electron chi connectivity index (χ1n) is 0.894. The molecule has 0 aliphatic heterocycles. The molecule has 9 heavy (non-hydrogen) atoms. The maximum atomic E-state index is 7.33. The molecule has 54 valence electrons. The Morgan fingerprint density at radius 1 is 0.889 bits per heavy atom. The Labute approximate surface area is 145 Å². The van der Waals surface area contributed by atoms with Gasteiger partial charge in [0, 0.05) is 121 Å². The van der Waals surface area contributed by atoms with E-state index in [9.17, 15) is 0 Å². The summed E-state index contributed by atoms with van der Waals surface area (Å²) in [5, 5.41) is 0. The van der Waals surface area contributed by atoms with Crippen LogP contribution >= 0.6 is 0 Å². The van der Waals surface area contributed by atoms with Crippen LogP contribution in [0.3, 0.4) is 0 Å². The van der Waals surface area contributed by atoms with Crippen molar-refractivity contribution in [2.24, 2.45) is 0 Å². The molecule has 0 saturated heterocycles. The van der Waals surface area contributed by atoms with Gasteiger partial charge in [-0.2, -0.15) is 0 Å². The fourth-order valence-electron chi connectivity index (χ4n) is 0. The Bertz CT molecular complexity index is 36.0. The van der Waals surface area contributed by atoms with E-state index in [-0.39, 0.29) is 121 Å². The molecule has 0 aliphatic carbocycles. The number of hydrogen-bond donors (Lipinski definition) is 4. The van der Waals surface area contributed by atoms with Crippen LogP contribution in [-0.2, 0) is 34.1 Å².